The number of sulfonamides is 1. The topological polar surface area (TPSA) is 75.7 Å². The number of ether oxygens (including phenoxy) is 1. The van der Waals surface area contributed by atoms with E-state index < -0.39 is 34.1 Å². The molecule has 0 aromatic heterocycles. The molecule has 11 heteroatoms. The molecule has 2 atom stereocenters. The number of rotatable bonds is 6. The lowest BCUT2D eigenvalue weighted by molar-refractivity contribution is -0.274. The van der Waals surface area contributed by atoms with Gasteiger partial charge in [0, 0.05) is 17.9 Å². The summed E-state index contributed by atoms with van der Waals surface area (Å²) in [6, 6.07) is 3.12. The second kappa shape index (κ2) is 8.05. The summed E-state index contributed by atoms with van der Waals surface area (Å²) in [6.07, 6.45) is -4.24. The number of carbonyl (C=O) groups is 1. The highest BCUT2D eigenvalue weighted by molar-refractivity contribution is 8.00. The van der Waals surface area contributed by atoms with Gasteiger partial charge in [-0.2, -0.15) is 4.31 Å². The van der Waals surface area contributed by atoms with E-state index in [0.717, 1.165) is 22.5 Å². The fraction of sp³-hybridized carbons (Fsp3) is 0.533. The number of hydrogen-bond acceptors (Lipinski definition) is 5. The Morgan fingerprint density at radius 2 is 2.15 bits per heavy atom. The van der Waals surface area contributed by atoms with E-state index in [9.17, 15) is 26.4 Å². The van der Waals surface area contributed by atoms with Crippen LogP contribution in [0.3, 0.4) is 0 Å². The quantitative estimate of drug-likeness (QED) is 0.777. The van der Waals surface area contributed by atoms with Gasteiger partial charge < -0.3 is 10.1 Å². The number of carbonyl (C=O) groups excluding carboxylic acids is 1. The molecule has 1 aliphatic rings. The number of nitrogens with one attached hydrogen (secondary N) is 1. The van der Waals surface area contributed by atoms with Crippen LogP contribution >= 0.6 is 11.8 Å². The van der Waals surface area contributed by atoms with Crippen LogP contribution in [0, 0.1) is 0 Å². The molecule has 6 nitrogen and oxygen atoms in total. The van der Waals surface area contributed by atoms with Gasteiger partial charge in [0.05, 0.1) is 10.8 Å². The van der Waals surface area contributed by atoms with Crippen LogP contribution in [0.25, 0.3) is 0 Å². The molecule has 1 aromatic carbocycles. The molecule has 0 saturated carbocycles. The molecule has 0 spiro atoms. The van der Waals surface area contributed by atoms with Gasteiger partial charge in [0.15, 0.2) is 0 Å². The maximum absolute atomic E-state index is 12.8. The van der Waals surface area contributed by atoms with E-state index in [1.54, 1.807) is 6.92 Å². The molecule has 1 fully saturated rings. The fourth-order valence-corrected chi connectivity index (χ4v) is 5.46. The van der Waals surface area contributed by atoms with E-state index in [-0.39, 0.29) is 22.6 Å². The van der Waals surface area contributed by atoms with Crippen molar-refractivity contribution in [2.45, 2.75) is 43.6 Å². The van der Waals surface area contributed by atoms with Crippen LogP contribution in [0.5, 0.6) is 5.75 Å². The van der Waals surface area contributed by atoms with Crippen LogP contribution in [0.1, 0.15) is 20.3 Å². The van der Waals surface area contributed by atoms with Crippen molar-refractivity contribution in [1.82, 2.24) is 9.62 Å². The summed E-state index contributed by atoms with van der Waals surface area (Å²) in [5.41, 5.74) is 0. The Labute approximate surface area is 154 Å². The van der Waals surface area contributed by atoms with E-state index in [4.69, 9.17) is 0 Å². The molecule has 1 aliphatic heterocycles. The molecular formula is C15H19F3N2O4S2. The first-order valence-electron chi connectivity index (χ1n) is 7.80. The summed E-state index contributed by atoms with van der Waals surface area (Å²) in [7, 11) is -4.15. The Morgan fingerprint density at radius 3 is 2.77 bits per heavy atom. The van der Waals surface area contributed by atoms with E-state index in [1.165, 1.54) is 17.8 Å². The van der Waals surface area contributed by atoms with Gasteiger partial charge >= 0.3 is 6.36 Å². The predicted octanol–water partition coefficient (Wildman–Crippen LogP) is 2.56. The van der Waals surface area contributed by atoms with Crippen molar-refractivity contribution in [1.29, 1.82) is 0 Å². The number of hydrogen-bond donors (Lipinski definition) is 1. The molecule has 1 N–H and O–H groups in total. The molecule has 1 amide bonds. The van der Waals surface area contributed by atoms with Gasteiger partial charge in [-0.05, 0) is 25.5 Å². The van der Waals surface area contributed by atoms with Crippen molar-refractivity contribution in [3.05, 3.63) is 24.3 Å². The maximum atomic E-state index is 12.8. The lowest BCUT2D eigenvalue weighted by Crippen LogP contribution is -2.49. The van der Waals surface area contributed by atoms with Gasteiger partial charge in [-0.1, -0.05) is 13.0 Å². The maximum Gasteiger partial charge on any atom is 0.573 e. The summed E-state index contributed by atoms with van der Waals surface area (Å²) in [5, 5.41) is 2.74. The SMILES string of the molecule is CCC(C)NC(=O)C1CSCN1S(=O)(=O)c1cccc(OC(F)(F)F)c1. The van der Waals surface area contributed by atoms with Gasteiger partial charge in [0.2, 0.25) is 15.9 Å². The highest BCUT2D eigenvalue weighted by atomic mass is 32.2. The molecule has 0 bridgehead atoms. The molecule has 1 saturated heterocycles. The van der Waals surface area contributed by atoms with Crippen LogP contribution in [0.15, 0.2) is 29.2 Å². The van der Waals surface area contributed by atoms with Crippen molar-refractivity contribution < 1.29 is 31.1 Å². The minimum absolute atomic E-state index is 0.0469. The Kier molecular flexibility index (Phi) is 6.46. The van der Waals surface area contributed by atoms with Crippen LogP contribution in [0.2, 0.25) is 0 Å². The third-order valence-electron chi connectivity index (χ3n) is 3.79. The van der Waals surface area contributed by atoms with Crippen molar-refractivity contribution >= 4 is 27.7 Å². The van der Waals surface area contributed by atoms with E-state index >= 15 is 0 Å². The summed E-state index contributed by atoms with van der Waals surface area (Å²) in [4.78, 5) is 12.0. The lowest BCUT2D eigenvalue weighted by atomic mass is 10.2. The fourth-order valence-electron chi connectivity index (χ4n) is 2.28. The third kappa shape index (κ3) is 5.04. The summed E-state index contributed by atoms with van der Waals surface area (Å²) in [6.45, 7) is 3.69. The molecular weight excluding hydrogens is 393 g/mol. The van der Waals surface area contributed by atoms with Gasteiger partial charge in [0.1, 0.15) is 11.8 Å². The van der Waals surface area contributed by atoms with Crippen LogP contribution in [-0.4, -0.2) is 48.7 Å². The molecule has 0 radical (unpaired) electrons. The first-order valence-corrected chi connectivity index (χ1v) is 10.4. The Bertz CT molecular complexity index is 756. The molecule has 26 heavy (non-hydrogen) atoms. The van der Waals surface area contributed by atoms with Gasteiger partial charge in [-0.3, -0.25) is 4.79 Å². The van der Waals surface area contributed by atoms with Crippen molar-refractivity contribution in [3.63, 3.8) is 0 Å². The van der Waals surface area contributed by atoms with Gasteiger partial charge in [-0.25, -0.2) is 8.42 Å². The number of amides is 1. The van der Waals surface area contributed by atoms with E-state index in [1.807, 2.05) is 6.92 Å². The number of benzene rings is 1. The van der Waals surface area contributed by atoms with Gasteiger partial charge in [-0.15, -0.1) is 24.9 Å². The van der Waals surface area contributed by atoms with Crippen molar-refractivity contribution in [3.8, 4) is 5.75 Å². The number of halogens is 3. The van der Waals surface area contributed by atoms with Gasteiger partial charge in [0.25, 0.3) is 0 Å². The first-order chi connectivity index (χ1) is 12.0. The summed E-state index contributed by atoms with van der Waals surface area (Å²) >= 11 is 1.26. The number of nitrogens with zero attached hydrogens (tertiary/aromatic N) is 1. The van der Waals surface area contributed by atoms with Crippen LogP contribution in [-0.2, 0) is 14.8 Å². The van der Waals surface area contributed by atoms with E-state index in [0.29, 0.717) is 6.42 Å². The Hall–Kier alpha value is -1.46. The van der Waals surface area contributed by atoms with Crippen molar-refractivity contribution in [2.75, 3.05) is 11.6 Å². The third-order valence-corrected chi connectivity index (χ3v) is 6.82. The highest BCUT2D eigenvalue weighted by Gasteiger charge is 2.40. The highest BCUT2D eigenvalue weighted by Crippen LogP contribution is 2.31. The average Bonchev–Trinajstić information content (AvgIpc) is 3.04. The summed E-state index contributed by atoms with van der Waals surface area (Å²) < 4.78 is 67.5. The standard InChI is InChI=1S/C15H19F3N2O4S2/c1-3-10(2)19-14(21)13-8-25-9-20(13)26(22,23)12-6-4-5-11(7-12)24-15(16,17)18/h4-7,10,13H,3,8-9H2,1-2H3,(H,19,21). The minimum Gasteiger partial charge on any atom is -0.406 e. The molecule has 0 aliphatic carbocycles. The number of thioether (sulfide) groups is 1. The monoisotopic (exact) mass is 412 g/mol. The second-order valence-electron chi connectivity index (χ2n) is 5.75. The largest absolute Gasteiger partial charge is 0.573 e. The molecule has 2 unspecified atom stereocenters. The average molecular weight is 412 g/mol. The molecule has 1 aromatic rings. The second-order valence-corrected chi connectivity index (χ2v) is 8.64. The smallest absolute Gasteiger partial charge is 0.406 e. The van der Waals surface area contributed by atoms with Crippen LogP contribution < -0.4 is 10.1 Å². The van der Waals surface area contributed by atoms with Crippen LogP contribution in [0.4, 0.5) is 13.2 Å². The predicted molar refractivity (Wildman–Crippen MR) is 91.2 cm³/mol. The minimum atomic E-state index is -4.93. The van der Waals surface area contributed by atoms with Crippen molar-refractivity contribution in [2.24, 2.45) is 0 Å². The lowest BCUT2D eigenvalue weighted by Gasteiger charge is -2.24. The zero-order chi connectivity index (χ0) is 19.5. The summed E-state index contributed by atoms with van der Waals surface area (Å²) in [5.74, 6) is -0.729. The molecule has 146 valence electrons. The normalized spacial score (nSPS) is 20.0. The first kappa shape index (κ1) is 20.8. The number of alkyl halides is 3. The van der Waals surface area contributed by atoms with E-state index in [2.05, 4.69) is 10.1 Å². The zero-order valence-corrected chi connectivity index (χ0v) is 15.7. The Morgan fingerprint density at radius 1 is 1.46 bits per heavy atom. The molecule has 2 rings (SSSR count). The Balaban J connectivity index is 2.26. The zero-order valence-electron chi connectivity index (χ0n) is 14.1. The molecule has 1 heterocycles.